The molecule has 0 amide bonds. The first-order valence-electron chi connectivity index (χ1n) is 6.27. The summed E-state index contributed by atoms with van der Waals surface area (Å²) in [5.74, 6) is 0. The summed E-state index contributed by atoms with van der Waals surface area (Å²) < 4.78 is 0. The van der Waals surface area contributed by atoms with E-state index >= 15 is 0 Å². The van der Waals surface area contributed by atoms with Crippen molar-refractivity contribution in [1.82, 2.24) is 0 Å². The van der Waals surface area contributed by atoms with Gasteiger partial charge in [0.1, 0.15) is 0 Å². The van der Waals surface area contributed by atoms with Crippen LogP contribution in [0.5, 0.6) is 0 Å². The SMILES string of the molecule is CCCCCC1(C)CC(C)(C)C=CC1O. The van der Waals surface area contributed by atoms with Crippen LogP contribution in [0.4, 0.5) is 0 Å². The van der Waals surface area contributed by atoms with Crippen LogP contribution in [0.15, 0.2) is 12.2 Å². The summed E-state index contributed by atoms with van der Waals surface area (Å²) in [5, 5.41) is 10.1. The molecular formula is C14H26O. The van der Waals surface area contributed by atoms with Crippen molar-refractivity contribution in [3.8, 4) is 0 Å². The van der Waals surface area contributed by atoms with Crippen LogP contribution in [0.2, 0.25) is 0 Å². The van der Waals surface area contributed by atoms with E-state index in [1.165, 1.54) is 19.3 Å². The lowest BCUT2D eigenvalue weighted by atomic mass is 9.64. The number of hydrogen-bond donors (Lipinski definition) is 1. The molecule has 0 fully saturated rings. The molecule has 0 bridgehead atoms. The van der Waals surface area contributed by atoms with Gasteiger partial charge in [0.2, 0.25) is 0 Å². The lowest BCUT2D eigenvalue weighted by Gasteiger charge is -2.42. The predicted octanol–water partition coefficient (Wildman–Crippen LogP) is 3.92. The monoisotopic (exact) mass is 210 g/mol. The van der Waals surface area contributed by atoms with E-state index in [0.29, 0.717) is 0 Å². The highest BCUT2D eigenvalue weighted by atomic mass is 16.3. The number of hydrogen-bond acceptors (Lipinski definition) is 1. The smallest absolute Gasteiger partial charge is 0.0774 e. The molecule has 0 aromatic rings. The van der Waals surface area contributed by atoms with E-state index in [2.05, 4.69) is 33.8 Å². The van der Waals surface area contributed by atoms with Gasteiger partial charge in [-0.05, 0) is 23.7 Å². The van der Waals surface area contributed by atoms with Crippen LogP contribution in [0.25, 0.3) is 0 Å². The van der Waals surface area contributed by atoms with Gasteiger partial charge in [-0.2, -0.15) is 0 Å². The van der Waals surface area contributed by atoms with Gasteiger partial charge >= 0.3 is 0 Å². The second-order valence-electron chi connectivity index (χ2n) is 6.08. The lowest BCUT2D eigenvalue weighted by Crippen LogP contribution is -2.38. The first-order valence-corrected chi connectivity index (χ1v) is 6.27. The van der Waals surface area contributed by atoms with E-state index < -0.39 is 0 Å². The summed E-state index contributed by atoms with van der Waals surface area (Å²) in [5.41, 5.74) is 0.341. The molecule has 0 aromatic carbocycles. The summed E-state index contributed by atoms with van der Waals surface area (Å²) in [6.45, 7) is 8.98. The van der Waals surface area contributed by atoms with Gasteiger partial charge in [-0.15, -0.1) is 0 Å². The van der Waals surface area contributed by atoms with Crippen molar-refractivity contribution < 1.29 is 5.11 Å². The highest BCUT2D eigenvalue weighted by Gasteiger charge is 2.38. The molecule has 0 radical (unpaired) electrons. The Morgan fingerprint density at radius 3 is 2.53 bits per heavy atom. The molecule has 0 spiro atoms. The maximum atomic E-state index is 10.1. The maximum Gasteiger partial charge on any atom is 0.0774 e. The molecule has 1 rings (SSSR count). The van der Waals surface area contributed by atoms with Crippen molar-refractivity contribution >= 4 is 0 Å². The fourth-order valence-electron chi connectivity index (χ4n) is 2.80. The van der Waals surface area contributed by atoms with Gasteiger partial charge < -0.3 is 5.11 Å². The quantitative estimate of drug-likeness (QED) is 0.551. The molecule has 1 heteroatoms. The third kappa shape index (κ3) is 3.34. The van der Waals surface area contributed by atoms with Gasteiger partial charge in [-0.1, -0.05) is 59.1 Å². The fourth-order valence-corrected chi connectivity index (χ4v) is 2.80. The summed E-state index contributed by atoms with van der Waals surface area (Å²) in [4.78, 5) is 0. The third-order valence-corrected chi connectivity index (χ3v) is 3.65. The summed E-state index contributed by atoms with van der Waals surface area (Å²) in [6, 6.07) is 0. The van der Waals surface area contributed by atoms with E-state index in [0.717, 1.165) is 12.8 Å². The van der Waals surface area contributed by atoms with Gasteiger partial charge in [0.15, 0.2) is 0 Å². The first kappa shape index (κ1) is 12.8. The summed E-state index contributed by atoms with van der Waals surface area (Å²) in [6.07, 6.45) is 9.94. The van der Waals surface area contributed by atoms with E-state index in [4.69, 9.17) is 0 Å². The summed E-state index contributed by atoms with van der Waals surface area (Å²) in [7, 11) is 0. The van der Waals surface area contributed by atoms with Crippen LogP contribution < -0.4 is 0 Å². The van der Waals surface area contributed by atoms with Crippen molar-refractivity contribution in [2.75, 3.05) is 0 Å². The fraction of sp³-hybridized carbons (Fsp3) is 0.857. The van der Waals surface area contributed by atoms with Crippen LogP contribution in [0, 0.1) is 10.8 Å². The molecular weight excluding hydrogens is 184 g/mol. The van der Waals surface area contributed by atoms with Crippen molar-refractivity contribution in [3.05, 3.63) is 12.2 Å². The summed E-state index contributed by atoms with van der Waals surface area (Å²) >= 11 is 0. The Morgan fingerprint density at radius 2 is 1.93 bits per heavy atom. The van der Waals surface area contributed by atoms with Crippen LogP contribution in [0.1, 0.15) is 59.8 Å². The molecule has 0 aromatic heterocycles. The molecule has 2 atom stereocenters. The molecule has 0 saturated carbocycles. The average Bonchev–Trinajstić information content (AvgIpc) is 2.12. The van der Waals surface area contributed by atoms with E-state index in [9.17, 15) is 5.11 Å². The average molecular weight is 210 g/mol. The minimum Gasteiger partial charge on any atom is -0.388 e. The Morgan fingerprint density at radius 1 is 1.27 bits per heavy atom. The number of allylic oxidation sites excluding steroid dienone is 1. The zero-order valence-electron chi connectivity index (χ0n) is 10.7. The van der Waals surface area contributed by atoms with Crippen LogP contribution in [0.3, 0.4) is 0 Å². The zero-order chi connectivity index (χ0) is 11.5. The molecule has 1 aliphatic carbocycles. The third-order valence-electron chi connectivity index (χ3n) is 3.65. The number of aliphatic hydroxyl groups excluding tert-OH is 1. The van der Waals surface area contributed by atoms with Gasteiger partial charge in [0.05, 0.1) is 6.10 Å². The number of unbranched alkanes of at least 4 members (excludes halogenated alkanes) is 2. The minimum atomic E-state index is -0.248. The van der Waals surface area contributed by atoms with Gasteiger partial charge in [-0.3, -0.25) is 0 Å². The van der Waals surface area contributed by atoms with Gasteiger partial charge in [0, 0.05) is 0 Å². The maximum absolute atomic E-state index is 10.1. The highest BCUT2D eigenvalue weighted by Crippen LogP contribution is 2.45. The molecule has 0 heterocycles. The predicted molar refractivity (Wildman–Crippen MR) is 65.8 cm³/mol. The molecule has 0 saturated heterocycles. The zero-order valence-corrected chi connectivity index (χ0v) is 10.7. The topological polar surface area (TPSA) is 20.2 Å². The largest absolute Gasteiger partial charge is 0.388 e. The molecule has 88 valence electrons. The normalized spacial score (nSPS) is 34.3. The number of rotatable bonds is 4. The van der Waals surface area contributed by atoms with E-state index in [1.807, 2.05) is 6.08 Å². The van der Waals surface area contributed by atoms with Crippen molar-refractivity contribution in [3.63, 3.8) is 0 Å². The van der Waals surface area contributed by atoms with Crippen molar-refractivity contribution in [1.29, 1.82) is 0 Å². The van der Waals surface area contributed by atoms with Crippen LogP contribution in [-0.4, -0.2) is 11.2 Å². The Bertz CT molecular complexity index is 229. The molecule has 1 nitrogen and oxygen atoms in total. The van der Waals surface area contributed by atoms with Crippen LogP contribution >= 0.6 is 0 Å². The first-order chi connectivity index (χ1) is 6.90. The molecule has 0 aliphatic heterocycles. The van der Waals surface area contributed by atoms with Gasteiger partial charge in [0.25, 0.3) is 0 Å². The lowest BCUT2D eigenvalue weighted by molar-refractivity contribution is 0.0251. The van der Waals surface area contributed by atoms with Crippen molar-refractivity contribution in [2.45, 2.75) is 65.9 Å². The van der Waals surface area contributed by atoms with Crippen LogP contribution in [-0.2, 0) is 0 Å². The second kappa shape index (κ2) is 4.69. The molecule has 2 unspecified atom stereocenters. The molecule has 1 aliphatic rings. The van der Waals surface area contributed by atoms with E-state index in [1.54, 1.807) is 0 Å². The standard InChI is InChI=1S/C14H26O/c1-5-6-7-9-14(4)11-13(2,3)10-8-12(14)15/h8,10,12,15H,5-7,9,11H2,1-4H3. The Balaban J connectivity index is 2.62. The molecule has 1 N–H and O–H groups in total. The van der Waals surface area contributed by atoms with Gasteiger partial charge in [-0.25, -0.2) is 0 Å². The van der Waals surface area contributed by atoms with E-state index in [-0.39, 0.29) is 16.9 Å². The Kier molecular flexibility index (Phi) is 3.99. The highest BCUT2D eigenvalue weighted by molar-refractivity contribution is 5.10. The van der Waals surface area contributed by atoms with Crippen molar-refractivity contribution in [2.24, 2.45) is 10.8 Å². The Hall–Kier alpha value is -0.300. The second-order valence-corrected chi connectivity index (χ2v) is 6.08. The Labute approximate surface area is 94.6 Å². The minimum absolute atomic E-state index is 0.0907. The molecule has 15 heavy (non-hydrogen) atoms. The number of aliphatic hydroxyl groups is 1.